The third-order valence-corrected chi connectivity index (χ3v) is 2.75. The molecule has 1 aliphatic carbocycles. The van der Waals surface area contributed by atoms with E-state index in [2.05, 4.69) is 4.99 Å². The Labute approximate surface area is 88.7 Å². The zero-order chi connectivity index (χ0) is 11.3. The van der Waals surface area contributed by atoms with E-state index in [1.165, 1.54) is 0 Å². The Hall–Kier alpha value is -1.41. The number of allylic oxidation sites excluding steroid dienone is 1. The van der Waals surface area contributed by atoms with Gasteiger partial charge in [-0.15, -0.1) is 0 Å². The van der Waals surface area contributed by atoms with E-state index in [1.807, 2.05) is 0 Å². The molecule has 4 heteroatoms. The molecule has 0 spiro atoms. The Morgan fingerprint density at radius 1 is 1.53 bits per heavy atom. The number of aliphatic imine (C=N–C) groups is 1. The van der Waals surface area contributed by atoms with Crippen molar-refractivity contribution in [3.05, 3.63) is 11.6 Å². The van der Waals surface area contributed by atoms with E-state index in [0.29, 0.717) is 5.57 Å². The molecule has 2 atom stereocenters. The molecule has 1 fully saturated rings. The number of hydrogen-bond donors (Lipinski definition) is 1. The average Bonchev–Trinajstić information content (AvgIpc) is 2.18. The predicted octanol–water partition coefficient (Wildman–Crippen LogP) is 1.91. The van der Waals surface area contributed by atoms with Gasteiger partial charge in [0.25, 0.3) is 0 Å². The summed E-state index contributed by atoms with van der Waals surface area (Å²) in [5.74, 6) is -0.645. The first-order valence-corrected chi connectivity index (χ1v) is 5.12. The summed E-state index contributed by atoms with van der Waals surface area (Å²) in [6.45, 7) is 1.59. The van der Waals surface area contributed by atoms with Crippen molar-refractivity contribution in [1.29, 1.82) is 0 Å². The largest absolute Gasteiger partial charge is 0.478 e. The van der Waals surface area contributed by atoms with Gasteiger partial charge in [-0.3, -0.25) is 0 Å². The van der Waals surface area contributed by atoms with Gasteiger partial charge in [-0.1, -0.05) is 12.5 Å². The summed E-state index contributed by atoms with van der Waals surface area (Å²) in [6, 6.07) is 0.0269. The number of hydrogen-bond acceptors (Lipinski definition) is 3. The van der Waals surface area contributed by atoms with Gasteiger partial charge in [-0.2, -0.15) is 0 Å². The first kappa shape index (κ1) is 11.7. The first-order valence-electron chi connectivity index (χ1n) is 5.12. The van der Waals surface area contributed by atoms with E-state index in [4.69, 9.17) is 5.11 Å². The summed E-state index contributed by atoms with van der Waals surface area (Å²) in [7, 11) is 0. The summed E-state index contributed by atoms with van der Waals surface area (Å²) >= 11 is 0. The third kappa shape index (κ3) is 3.68. The zero-order valence-corrected chi connectivity index (χ0v) is 8.77. The number of isocyanates is 1. The lowest BCUT2D eigenvalue weighted by Crippen LogP contribution is -2.17. The maximum atomic E-state index is 10.6. The molecule has 1 N–H and O–H groups in total. The minimum Gasteiger partial charge on any atom is -0.478 e. The van der Waals surface area contributed by atoms with Crippen LogP contribution in [-0.4, -0.2) is 23.2 Å². The smallest absolute Gasteiger partial charge is 0.330 e. The van der Waals surface area contributed by atoms with Crippen LogP contribution in [0.5, 0.6) is 0 Å². The Balaban J connectivity index is 2.60. The van der Waals surface area contributed by atoms with Gasteiger partial charge in [0.15, 0.2) is 0 Å². The lowest BCUT2D eigenvalue weighted by Gasteiger charge is -2.23. The van der Waals surface area contributed by atoms with Crippen LogP contribution < -0.4 is 0 Å². The van der Waals surface area contributed by atoms with Crippen molar-refractivity contribution in [2.45, 2.75) is 38.6 Å². The van der Waals surface area contributed by atoms with Crippen LogP contribution in [0.3, 0.4) is 0 Å². The number of aliphatic carboxylic acids is 1. The van der Waals surface area contributed by atoms with Gasteiger partial charge >= 0.3 is 5.97 Å². The molecular formula is C11H15NO3. The van der Waals surface area contributed by atoms with E-state index < -0.39 is 5.97 Å². The summed E-state index contributed by atoms with van der Waals surface area (Å²) < 4.78 is 0. The molecule has 4 nitrogen and oxygen atoms in total. The van der Waals surface area contributed by atoms with Crippen molar-refractivity contribution in [3.8, 4) is 0 Å². The zero-order valence-electron chi connectivity index (χ0n) is 8.77. The SMILES string of the molecule is CC(=CC1CCCC(N=C=O)C1)C(=O)O. The minimum atomic E-state index is -0.879. The molecule has 0 heterocycles. The topological polar surface area (TPSA) is 66.7 Å². The normalized spacial score (nSPS) is 26.9. The predicted molar refractivity (Wildman–Crippen MR) is 55.3 cm³/mol. The quantitative estimate of drug-likeness (QED) is 0.438. The number of carboxylic acids is 1. The molecule has 0 aliphatic heterocycles. The molecular weight excluding hydrogens is 194 g/mol. The van der Waals surface area contributed by atoms with E-state index in [9.17, 15) is 9.59 Å². The van der Waals surface area contributed by atoms with Gasteiger partial charge in [0.05, 0.1) is 6.04 Å². The maximum absolute atomic E-state index is 10.6. The molecule has 0 bridgehead atoms. The van der Waals surface area contributed by atoms with Gasteiger partial charge in [-0.25, -0.2) is 14.6 Å². The average molecular weight is 209 g/mol. The third-order valence-electron chi connectivity index (χ3n) is 2.75. The van der Waals surface area contributed by atoms with Gasteiger partial charge in [0.1, 0.15) is 0 Å². The number of carbonyl (C=O) groups is 1. The Bertz CT molecular complexity index is 316. The molecule has 0 radical (unpaired) electrons. The van der Waals surface area contributed by atoms with Crippen LogP contribution in [0.1, 0.15) is 32.6 Å². The monoisotopic (exact) mass is 209 g/mol. The van der Waals surface area contributed by atoms with Gasteiger partial charge in [0, 0.05) is 5.57 Å². The lowest BCUT2D eigenvalue weighted by atomic mass is 9.85. The molecule has 1 saturated carbocycles. The van der Waals surface area contributed by atoms with Crippen LogP contribution in [0, 0.1) is 5.92 Å². The van der Waals surface area contributed by atoms with Crippen LogP contribution in [0.25, 0.3) is 0 Å². The Kier molecular flexibility index (Phi) is 4.25. The van der Waals surface area contributed by atoms with E-state index >= 15 is 0 Å². The van der Waals surface area contributed by atoms with Crippen molar-refractivity contribution in [2.75, 3.05) is 0 Å². The van der Waals surface area contributed by atoms with E-state index in [-0.39, 0.29) is 12.0 Å². The van der Waals surface area contributed by atoms with Crippen molar-refractivity contribution < 1.29 is 14.7 Å². The molecule has 1 aliphatic rings. The number of nitrogens with zero attached hydrogens (tertiary/aromatic N) is 1. The van der Waals surface area contributed by atoms with E-state index in [0.717, 1.165) is 25.7 Å². The molecule has 1 rings (SSSR count). The minimum absolute atomic E-state index is 0.0269. The number of carbonyl (C=O) groups excluding carboxylic acids is 1. The second-order valence-corrected chi connectivity index (χ2v) is 3.96. The van der Waals surface area contributed by atoms with Crippen LogP contribution in [0.2, 0.25) is 0 Å². The second kappa shape index (κ2) is 5.47. The fourth-order valence-corrected chi connectivity index (χ4v) is 1.97. The maximum Gasteiger partial charge on any atom is 0.330 e. The highest BCUT2D eigenvalue weighted by molar-refractivity contribution is 5.85. The van der Waals surface area contributed by atoms with Crippen LogP contribution in [-0.2, 0) is 9.59 Å². The summed E-state index contributed by atoms with van der Waals surface area (Å²) in [5.41, 5.74) is 0.371. The van der Waals surface area contributed by atoms with Crippen molar-refractivity contribution >= 4 is 12.0 Å². The lowest BCUT2D eigenvalue weighted by molar-refractivity contribution is -0.132. The molecule has 0 amide bonds. The molecule has 2 unspecified atom stereocenters. The van der Waals surface area contributed by atoms with Crippen LogP contribution in [0.4, 0.5) is 0 Å². The Morgan fingerprint density at radius 3 is 2.87 bits per heavy atom. The molecule has 0 saturated heterocycles. The van der Waals surface area contributed by atoms with Gasteiger partial charge < -0.3 is 5.11 Å². The summed E-state index contributed by atoms with van der Waals surface area (Å²) in [5, 5.41) is 8.73. The number of rotatable bonds is 3. The van der Waals surface area contributed by atoms with Crippen LogP contribution in [0.15, 0.2) is 16.6 Å². The van der Waals surface area contributed by atoms with E-state index in [1.54, 1.807) is 19.1 Å². The molecule has 0 aromatic heterocycles. The van der Waals surface area contributed by atoms with Gasteiger partial charge in [-0.05, 0) is 32.1 Å². The van der Waals surface area contributed by atoms with Crippen molar-refractivity contribution in [3.63, 3.8) is 0 Å². The molecule has 82 valence electrons. The summed E-state index contributed by atoms with van der Waals surface area (Å²) in [4.78, 5) is 24.4. The van der Waals surface area contributed by atoms with Gasteiger partial charge in [0.2, 0.25) is 6.08 Å². The number of carboxylic acid groups (broad SMARTS) is 1. The first-order chi connectivity index (χ1) is 7.13. The summed E-state index contributed by atoms with van der Waals surface area (Å²) in [6.07, 6.45) is 6.99. The molecule has 0 aromatic rings. The van der Waals surface area contributed by atoms with Crippen molar-refractivity contribution in [2.24, 2.45) is 10.9 Å². The second-order valence-electron chi connectivity index (χ2n) is 3.96. The van der Waals surface area contributed by atoms with Crippen LogP contribution >= 0.6 is 0 Å². The standard InChI is InChI=1S/C11H15NO3/c1-8(11(14)15)5-9-3-2-4-10(6-9)12-7-13/h5,9-10H,2-4,6H2,1H3,(H,14,15). The Morgan fingerprint density at radius 2 is 2.27 bits per heavy atom. The molecule has 15 heavy (non-hydrogen) atoms. The van der Waals surface area contributed by atoms with Crippen molar-refractivity contribution in [1.82, 2.24) is 0 Å². The molecule has 0 aromatic carbocycles. The highest BCUT2D eigenvalue weighted by Crippen LogP contribution is 2.27. The fourth-order valence-electron chi connectivity index (χ4n) is 1.97. The highest BCUT2D eigenvalue weighted by Gasteiger charge is 2.20. The fraction of sp³-hybridized carbons (Fsp3) is 0.636. The highest BCUT2D eigenvalue weighted by atomic mass is 16.4.